The van der Waals surface area contributed by atoms with E-state index in [0.29, 0.717) is 5.75 Å². The highest BCUT2D eigenvalue weighted by atomic mass is 16.5. The third kappa shape index (κ3) is 2.54. The molecule has 0 aromatic heterocycles. The summed E-state index contributed by atoms with van der Waals surface area (Å²) in [6, 6.07) is 6.44. The van der Waals surface area contributed by atoms with Crippen LogP contribution in [-0.2, 0) is 9.59 Å². The number of aliphatic hydroxyl groups excluding tert-OH is 1. The molecule has 1 heterocycles. The van der Waals surface area contributed by atoms with Gasteiger partial charge in [-0.25, -0.2) is 0 Å². The summed E-state index contributed by atoms with van der Waals surface area (Å²) in [5, 5.41) is 9.97. The van der Waals surface area contributed by atoms with Gasteiger partial charge < -0.3 is 14.7 Å². The molecule has 110 valence electrons. The Hall–Kier alpha value is -2.56. The van der Waals surface area contributed by atoms with Crippen LogP contribution in [0.2, 0.25) is 0 Å². The molecule has 0 bridgehead atoms. The summed E-state index contributed by atoms with van der Waals surface area (Å²) < 4.78 is 5.10. The highest BCUT2D eigenvalue weighted by Crippen LogP contribution is 2.37. The van der Waals surface area contributed by atoms with Crippen LogP contribution in [0, 0.1) is 0 Å². The van der Waals surface area contributed by atoms with Gasteiger partial charge >= 0.3 is 0 Å². The lowest BCUT2D eigenvalue weighted by atomic mass is 9.96. The number of Topliss-reactive ketones (excluding diaryl/α,β-unsaturated/α-hetero) is 1. The van der Waals surface area contributed by atoms with Crippen molar-refractivity contribution in [1.29, 1.82) is 0 Å². The van der Waals surface area contributed by atoms with Crippen molar-refractivity contribution in [2.24, 2.45) is 0 Å². The lowest BCUT2D eigenvalue weighted by molar-refractivity contribution is -0.128. The molecule has 0 fully saturated rings. The van der Waals surface area contributed by atoms with Crippen LogP contribution < -0.4 is 4.74 Å². The summed E-state index contributed by atoms with van der Waals surface area (Å²) in [7, 11) is 1.56. The first-order valence-electron chi connectivity index (χ1n) is 6.51. The van der Waals surface area contributed by atoms with E-state index in [1.165, 1.54) is 11.8 Å². The van der Waals surface area contributed by atoms with Crippen LogP contribution in [0.25, 0.3) is 0 Å². The molecule has 1 unspecified atom stereocenters. The molecule has 0 saturated heterocycles. The number of carbonyl (C=O) groups excluding carboxylic acids is 2. The van der Waals surface area contributed by atoms with E-state index in [2.05, 4.69) is 6.58 Å². The summed E-state index contributed by atoms with van der Waals surface area (Å²) in [5.41, 5.74) is 0.854. The summed E-state index contributed by atoms with van der Waals surface area (Å²) in [4.78, 5) is 25.3. The number of aliphatic hydroxyl groups is 1. The van der Waals surface area contributed by atoms with Crippen molar-refractivity contribution in [3.8, 4) is 5.75 Å². The minimum Gasteiger partial charge on any atom is -0.503 e. The van der Waals surface area contributed by atoms with E-state index in [1.807, 2.05) is 0 Å². The minimum atomic E-state index is -0.598. The molecule has 1 aromatic carbocycles. The Kier molecular flexibility index (Phi) is 4.12. The Morgan fingerprint density at radius 2 is 2.05 bits per heavy atom. The first-order chi connectivity index (χ1) is 10.0. The van der Waals surface area contributed by atoms with Crippen LogP contribution in [0.3, 0.4) is 0 Å². The zero-order valence-electron chi connectivity index (χ0n) is 12.0. The van der Waals surface area contributed by atoms with E-state index in [9.17, 15) is 14.7 Å². The maximum atomic E-state index is 12.1. The van der Waals surface area contributed by atoms with Gasteiger partial charge in [-0.1, -0.05) is 18.2 Å². The average molecular weight is 287 g/mol. The third-order valence-electron chi connectivity index (χ3n) is 3.44. The maximum absolute atomic E-state index is 12.1. The van der Waals surface area contributed by atoms with Crippen LogP contribution >= 0.6 is 0 Å². The topological polar surface area (TPSA) is 66.8 Å². The van der Waals surface area contributed by atoms with E-state index >= 15 is 0 Å². The van der Waals surface area contributed by atoms with E-state index in [0.717, 1.165) is 5.56 Å². The second-order valence-electron chi connectivity index (χ2n) is 4.74. The molecule has 1 aliphatic rings. The van der Waals surface area contributed by atoms with E-state index < -0.39 is 17.7 Å². The van der Waals surface area contributed by atoms with Gasteiger partial charge in [0, 0.05) is 6.54 Å². The van der Waals surface area contributed by atoms with Crippen LogP contribution in [-0.4, -0.2) is 35.4 Å². The minimum absolute atomic E-state index is 0.118. The Morgan fingerprint density at radius 3 is 2.52 bits per heavy atom. The van der Waals surface area contributed by atoms with Crippen molar-refractivity contribution in [2.45, 2.75) is 13.0 Å². The van der Waals surface area contributed by atoms with Gasteiger partial charge in [0.25, 0.3) is 5.91 Å². The smallest absolute Gasteiger partial charge is 0.290 e. The normalized spacial score (nSPS) is 18.1. The molecule has 1 aromatic rings. The van der Waals surface area contributed by atoms with Gasteiger partial charge in [0.05, 0.1) is 18.7 Å². The molecule has 0 saturated carbocycles. The summed E-state index contributed by atoms with van der Waals surface area (Å²) in [5.74, 6) is -0.685. The van der Waals surface area contributed by atoms with Crippen molar-refractivity contribution in [2.75, 3.05) is 13.7 Å². The number of amides is 1. The third-order valence-corrected chi connectivity index (χ3v) is 3.44. The molecule has 0 aliphatic carbocycles. The van der Waals surface area contributed by atoms with Crippen molar-refractivity contribution in [3.63, 3.8) is 0 Å². The van der Waals surface area contributed by atoms with Crippen LogP contribution in [0.5, 0.6) is 5.75 Å². The van der Waals surface area contributed by atoms with Crippen molar-refractivity contribution < 1.29 is 19.4 Å². The highest BCUT2D eigenvalue weighted by Gasteiger charge is 2.41. The number of ketones is 1. The highest BCUT2D eigenvalue weighted by molar-refractivity contribution is 6.08. The Labute approximate surface area is 123 Å². The lowest BCUT2D eigenvalue weighted by Gasteiger charge is -2.25. The van der Waals surface area contributed by atoms with Crippen LogP contribution in [0.15, 0.2) is 48.3 Å². The van der Waals surface area contributed by atoms with Gasteiger partial charge in [-0.05, 0) is 24.6 Å². The standard InChI is InChI=1S/C16H17NO4/c1-4-9-17-14(11-5-7-12(21-3)8-6-11)13(10(2)18)15(19)16(17)20/h4-8,14,19H,1,9H2,2-3H3. The molecule has 1 atom stereocenters. The number of ether oxygens (including phenoxy) is 1. The molecule has 0 spiro atoms. The van der Waals surface area contributed by atoms with Crippen molar-refractivity contribution in [3.05, 3.63) is 53.8 Å². The molecule has 1 aliphatic heterocycles. The predicted molar refractivity (Wildman–Crippen MR) is 78.0 cm³/mol. The zero-order valence-corrected chi connectivity index (χ0v) is 12.0. The number of nitrogens with zero attached hydrogens (tertiary/aromatic N) is 1. The molecule has 21 heavy (non-hydrogen) atoms. The second-order valence-corrected chi connectivity index (χ2v) is 4.74. The lowest BCUT2D eigenvalue weighted by Crippen LogP contribution is -2.31. The molecule has 2 rings (SSSR count). The molecule has 1 N–H and O–H groups in total. The number of hydrogen-bond donors (Lipinski definition) is 1. The van der Waals surface area contributed by atoms with Gasteiger partial charge in [0.15, 0.2) is 11.5 Å². The molecule has 5 heteroatoms. The van der Waals surface area contributed by atoms with E-state index in [4.69, 9.17) is 4.74 Å². The summed E-state index contributed by atoms with van der Waals surface area (Å²) in [6.07, 6.45) is 1.56. The largest absolute Gasteiger partial charge is 0.503 e. The van der Waals surface area contributed by atoms with Gasteiger partial charge in [0.2, 0.25) is 0 Å². The number of rotatable bonds is 5. The van der Waals surface area contributed by atoms with Gasteiger partial charge in [-0.3, -0.25) is 9.59 Å². The first-order valence-corrected chi connectivity index (χ1v) is 6.51. The number of methoxy groups -OCH3 is 1. The predicted octanol–water partition coefficient (Wildman–Crippen LogP) is 2.17. The SMILES string of the molecule is C=CCN1C(=O)C(O)=C(C(C)=O)C1c1ccc(OC)cc1. The second kappa shape index (κ2) is 5.83. The molecular weight excluding hydrogens is 270 g/mol. The Balaban J connectivity index is 2.50. The average Bonchev–Trinajstić information content (AvgIpc) is 2.73. The molecular formula is C16H17NO4. The van der Waals surface area contributed by atoms with Crippen LogP contribution in [0.1, 0.15) is 18.5 Å². The fraction of sp³-hybridized carbons (Fsp3) is 0.250. The van der Waals surface area contributed by atoms with Crippen molar-refractivity contribution in [1.82, 2.24) is 4.90 Å². The number of hydrogen-bond acceptors (Lipinski definition) is 4. The summed E-state index contributed by atoms with van der Waals surface area (Å²) in [6.45, 7) is 5.20. The molecule has 0 radical (unpaired) electrons. The fourth-order valence-corrected chi connectivity index (χ4v) is 2.47. The van der Waals surface area contributed by atoms with Crippen molar-refractivity contribution >= 4 is 11.7 Å². The van der Waals surface area contributed by atoms with Crippen LogP contribution in [0.4, 0.5) is 0 Å². The fourth-order valence-electron chi connectivity index (χ4n) is 2.47. The summed E-state index contributed by atoms with van der Waals surface area (Å²) >= 11 is 0. The maximum Gasteiger partial charge on any atom is 0.290 e. The first kappa shape index (κ1) is 14.8. The van der Waals surface area contributed by atoms with E-state index in [-0.39, 0.29) is 17.9 Å². The quantitative estimate of drug-likeness (QED) is 0.843. The molecule has 1 amide bonds. The number of benzene rings is 1. The van der Waals surface area contributed by atoms with E-state index in [1.54, 1.807) is 37.5 Å². The zero-order chi connectivity index (χ0) is 15.6. The monoisotopic (exact) mass is 287 g/mol. The Morgan fingerprint density at radius 1 is 1.43 bits per heavy atom. The molecule has 5 nitrogen and oxygen atoms in total. The van der Waals surface area contributed by atoms with Gasteiger partial charge in [-0.15, -0.1) is 6.58 Å². The Bertz CT molecular complexity index is 616. The number of carbonyl (C=O) groups is 2. The van der Waals surface area contributed by atoms with Gasteiger partial charge in [0.1, 0.15) is 5.75 Å². The van der Waals surface area contributed by atoms with Gasteiger partial charge in [-0.2, -0.15) is 0 Å².